The van der Waals surface area contributed by atoms with Gasteiger partial charge in [-0.2, -0.15) is 5.10 Å². The molecule has 0 bridgehead atoms. The third kappa shape index (κ3) is 3.91. The van der Waals surface area contributed by atoms with E-state index < -0.39 is 0 Å². The second kappa shape index (κ2) is 8.10. The normalized spacial score (nSPS) is 14.4. The summed E-state index contributed by atoms with van der Waals surface area (Å²) >= 11 is 3.37. The summed E-state index contributed by atoms with van der Waals surface area (Å²) in [6.45, 7) is 3.26. The molecule has 8 heteroatoms. The van der Waals surface area contributed by atoms with Gasteiger partial charge in [0.25, 0.3) is 5.91 Å². The Morgan fingerprint density at radius 2 is 1.96 bits per heavy atom. The molecule has 0 N–H and O–H groups in total. The number of benzene rings is 1. The van der Waals surface area contributed by atoms with Gasteiger partial charge in [-0.25, -0.2) is 0 Å². The smallest absolute Gasteiger partial charge is 0.289 e. The van der Waals surface area contributed by atoms with E-state index >= 15 is 0 Å². The van der Waals surface area contributed by atoms with E-state index in [0.717, 1.165) is 29.0 Å². The lowest BCUT2D eigenvalue weighted by Crippen LogP contribution is -2.48. The second-order valence-electron chi connectivity index (χ2n) is 6.57. The summed E-state index contributed by atoms with van der Waals surface area (Å²) in [4.78, 5) is 16.9. The third-order valence-electron chi connectivity index (χ3n) is 4.78. The van der Waals surface area contributed by atoms with Gasteiger partial charge in [-0.1, -0.05) is 12.1 Å². The van der Waals surface area contributed by atoms with Crippen molar-refractivity contribution in [3.8, 4) is 5.75 Å². The Hall–Kier alpha value is -2.74. The Labute approximate surface area is 171 Å². The lowest BCUT2D eigenvalue weighted by atomic mass is 10.2. The van der Waals surface area contributed by atoms with Crippen molar-refractivity contribution in [1.29, 1.82) is 0 Å². The quantitative estimate of drug-likeness (QED) is 0.604. The maximum Gasteiger partial charge on any atom is 0.289 e. The molecule has 0 unspecified atom stereocenters. The summed E-state index contributed by atoms with van der Waals surface area (Å²) < 4.78 is 13.9. The minimum absolute atomic E-state index is 0.0763. The number of anilines is 1. The lowest BCUT2D eigenvalue weighted by molar-refractivity contribution is 0.0712. The van der Waals surface area contributed by atoms with Crippen LogP contribution in [0.15, 0.2) is 57.7 Å². The van der Waals surface area contributed by atoms with Crippen molar-refractivity contribution >= 4 is 27.5 Å². The van der Waals surface area contributed by atoms with E-state index in [4.69, 9.17) is 9.15 Å². The van der Waals surface area contributed by atoms with E-state index in [1.165, 1.54) is 0 Å². The fourth-order valence-corrected chi connectivity index (χ4v) is 3.69. The summed E-state index contributed by atoms with van der Waals surface area (Å²) in [7, 11) is 1.68. The molecule has 0 aliphatic carbocycles. The highest BCUT2D eigenvalue weighted by Gasteiger charge is 2.25. The fourth-order valence-electron chi connectivity index (χ4n) is 3.36. The number of para-hydroxylation sites is 2. The molecule has 0 atom stereocenters. The highest BCUT2D eigenvalue weighted by molar-refractivity contribution is 9.10. The van der Waals surface area contributed by atoms with Crippen LogP contribution in [0.4, 0.5) is 5.69 Å². The number of halogens is 1. The van der Waals surface area contributed by atoms with Crippen LogP contribution in [0.25, 0.3) is 0 Å². The Bertz CT molecular complexity index is 960. The highest BCUT2D eigenvalue weighted by Crippen LogP contribution is 2.28. The first-order valence-electron chi connectivity index (χ1n) is 9.08. The predicted molar refractivity (Wildman–Crippen MR) is 109 cm³/mol. The average molecular weight is 445 g/mol. The van der Waals surface area contributed by atoms with Gasteiger partial charge in [-0.3, -0.25) is 9.48 Å². The molecule has 1 saturated heterocycles. The number of ether oxygens (including phenoxy) is 1. The number of piperazine rings is 1. The van der Waals surface area contributed by atoms with E-state index in [-0.39, 0.29) is 5.91 Å². The van der Waals surface area contributed by atoms with Crippen LogP contribution in [-0.4, -0.2) is 53.9 Å². The molecular weight excluding hydrogens is 424 g/mol. The molecule has 0 spiro atoms. The van der Waals surface area contributed by atoms with Crippen LogP contribution < -0.4 is 9.64 Å². The molecule has 3 aromatic rings. The maximum absolute atomic E-state index is 12.8. The number of nitrogens with zero attached hydrogens (tertiary/aromatic N) is 4. The SMILES string of the molecule is COc1ccccc1N1CCN(C(=O)c2ccc(Cn3cc(Br)cn3)o2)CC1. The van der Waals surface area contributed by atoms with Crippen LogP contribution in [0.5, 0.6) is 5.75 Å². The van der Waals surface area contributed by atoms with Gasteiger partial charge in [0.15, 0.2) is 5.76 Å². The largest absolute Gasteiger partial charge is 0.495 e. The molecule has 0 saturated carbocycles. The summed E-state index contributed by atoms with van der Waals surface area (Å²) in [5.74, 6) is 1.84. The first-order chi connectivity index (χ1) is 13.6. The Balaban J connectivity index is 1.38. The van der Waals surface area contributed by atoms with Crippen molar-refractivity contribution in [1.82, 2.24) is 14.7 Å². The van der Waals surface area contributed by atoms with Crippen LogP contribution in [0.2, 0.25) is 0 Å². The molecule has 1 aromatic carbocycles. The molecule has 146 valence electrons. The number of hydrogen-bond acceptors (Lipinski definition) is 5. The zero-order chi connectivity index (χ0) is 19.5. The molecule has 2 aromatic heterocycles. The van der Waals surface area contributed by atoms with Crippen molar-refractivity contribution in [3.63, 3.8) is 0 Å². The molecular formula is C20H21BrN4O3. The molecule has 4 rings (SSSR count). The number of furan rings is 1. The molecule has 0 radical (unpaired) electrons. The Morgan fingerprint density at radius 3 is 2.68 bits per heavy atom. The molecule has 1 aliphatic rings. The van der Waals surface area contributed by atoms with Gasteiger partial charge in [0.05, 0.1) is 30.0 Å². The van der Waals surface area contributed by atoms with Crippen LogP contribution in [-0.2, 0) is 6.54 Å². The van der Waals surface area contributed by atoms with Crippen LogP contribution in [0.3, 0.4) is 0 Å². The fraction of sp³-hybridized carbons (Fsp3) is 0.300. The second-order valence-corrected chi connectivity index (χ2v) is 7.49. The van der Waals surface area contributed by atoms with Crippen molar-refractivity contribution < 1.29 is 13.9 Å². The van der Waals surface area contributed by atoms with Gasteiger partial charge in [-0.05, 0) is 40.2 Å². The van der Waals surface area contributed by atoms with E-state index in [1.807, 2.05) is 41.4 Å². The molecule has 1 fully saturated rings. The lowest BCUT2D eigenvalue weighted by Gasteiger charge is -2.36. The van der Waals surface area contributed by atoms with Gasteiger partial charge < -0.3 is 19.0 Å². The van der Waals surface area contributed by atoms with Crippen molar-refractivity contribution in [2.75, 3.05) is 38.2 Å². The van der Waals surface area contributed by atoms with Gasteiger partial charge in [0.1, 0.15) is 11.5 Å². The minimum Gasteiger partial charge on any atom is -0.495 e. The number of carbonyl (C=O) groups is 1. The van der Waals surface area contributed by atoms with E-state index in [9.17, 15) is 4.79 Å². The van der Waals surface area contributed by atoms with E-state index in [0.29, 0.717) is 31.2 Å². The summed E-state index contributed by atoms with van der Waals surface area (Å²) in [6, 6.07) is 11.5. The number of rotatable bonds is 5. The number of carbonyl (C=O) groups excluding carboxylic acids is 1. The molecule has 3 heterocycles. The van der Waals surface area contributed by atoms with Gasteiger partial charge in [0.2, 0.25) is 0 Å². The van der Waals surface area contributed by atoms with Crippen LogP contribution in [0, 0.1) is 0 Å². The topological polar surface area (TPSA) is 63.7 Å². The molecule has 28 heavy (non-hydrogen) atoms. The monoisotopic (exact) mass is 444 g/mol. The van der Waals surface area contributed by atoms with Gasteiger partial charge >= 0.3 is 0 Å². The van der Waals surface area contributed by atoms with Crippen molar-refractivity contribution in [2.24, 2.45) is 0 Å². The Kier molecular flexibility index (Phi) is 5.38. The number of hydrogen-bond donors (Lipinski definition) is 0. The predicted octanol–water partition coefficient (Wildman–Crippen LogP) is 3.26. The number of methoxy groups -OCH3 is 1. The zero-order valence-electron chi connectivity index (χ0n) is 15.5. The number of aromatic nitrogens is 2. The highest BCUT2D eigenvalue weighted by atomic mass is 79.9. The first-order valence-corrected chi connectivity index (χ1v) is 9.87. The first kappa shape index (κ1) is 18.6. The zero-order valence-corrected chi connectivity index (χ0v) is 17.1. The average Bonchev–Trinajstić information content (AvgIpc) is 3.36. The molecule has 1 amide bonds. The van der Waals surface area contributed by atoms with Gasteiger partial charge in [-0.15, -0.1) is 0 Å². The van der Waals surface area contributed by atoms with E-state index in [2.05, 4.69) is 25.9 Å². The third-order valence-corrected chi connectivity index (χ3v) is 5.19. The summed E-state index contributed by atoms with van der Waals surface area (Å²) in [5.41, 5.74) is 1.06. The van der Waals surface area contributed by atoms with Crippen LogP contribution in [0.1, 0.15) is 16.3 Å². The maximum atomic E-state index is 12.8. The molecule has 1 aliphatic heterocycles. The summed E-state index contributed by atoms with van der Waals surface area (Å²) in [5, 5.41) is 4.20. The van der Waals surface area contributed by atoms with Crippen LogP contribution >= 0.6 is 15.9 Å². The summed E-state index contributed by atoms with van der Waals surface area (Å²) in [6.07, 6.45) is 3.58. The number of amides is 1. The Morgan fingerprint density at radius 1 is 1.18 bits per heavy atom. The molecule has 7 nitrogen and oxygen atoms in total. The minimum atomic E-state index is -0.0763. The standard InChI is InChI=1S/C20H21BrN4O3/c1-27-18-5-3-2-4-17(18)23-8-10-24(11-9-23)20(26)19-7-6-16(28-19)14-25-13-15(21)12-22-25/h2-7,12-13H,8-11,14H2,1H3. The van der Waals surface area contributed by atoms with Crippen molar-refractivity contribution in [2.45, 2.75) is 6.54 Å². The van der Waals surface area contributed by atoms with Crippen molar-refractivity contribution in [3.05, 3.63) is 64.8 Å². The van der Waals surface area contributed by atoms with Gasteiger partial charge in [0, 0.05) is 32.4 Å². The van der Waals surface area contributed by atoms with E-state index in [1.54, 1.807) is 24.1 Å².